The van der Waals surface area contributed by atoms with Crippen molar-refractivity contribution < 1.29 is 22.9 Å². The van der Waals surface area contributed by atoms with Crippen LogP contribution in [0.5, 0.6) is 0 Å². The molecular weight excluding hydrogens is 400 g/mol. The van der Waals surface area contributed by atoms with Gasteiger partial charge in [0.15, 0.2) is 0 Å². The Bertz CT molecular complexity index is 653. The van der Waals surface area contributed by atoms with Crippen molar-refractivity contribution in [1.29, 1.82) is 0 Å². The van der Waals surface area contributed by atoms with E-state index in [-0.39, 0.29) is 4.90 Å². The summed E-state index contributed by atoms with van der Waals surface area (Å²) in [4.78, 5) is 10.3. The topological polar surface area (TPSA) is 91.7 Å². The van der Waals surface area contributed by atoms with Crippen molar-refractivity contribution in [3.05, 3.63) is 42.5 Å². The van der Waals surface area contributed by atoms with Gasteiger partial charge in [0, 0.05) is 6.42 Å². The highest BCUT2D eigenvalue weighted by molar-refractivity contribution is 7.85. The number of hydrogen-bond donors (Lipinski definition) is 2. The van der Waals surface area contributed by atoms with Gasteiger partial charge in [0.2, 0.25) is 0 Å². The van der Waals surface area contributed by atoms with Crippen LogP contribution in [0.15, 0.2) is 47.4 Å². The molecule has 0 aliphatic rings. The van der Waals surface area contributed by atoms with Crippen LogP contribution in [0.25, 0.3) is 0 Å². The lowest BCUT2D eigenvalue weighted by atomic mass is 10.1. The lowest BCUT2D eigenvalue weighted by molar-refractivity contribution is -0.137. The predicted octanol–water partition coefficient (Wildman–Crippen LogP) is 7.04. The van der Waals surface area contributed by atoms with E-state index in [4.69, 9.17) is 9.66 Å². The number of hydrogen-bond acceptors (Lipinski definition) is 3. The Hall–Kier alpha value is -1.66. The molecule has 30 heavy (non-hydrogen) atoms. The standard InChI is InChI=1S/C18H34O2.C6H6O3S/c1-2-3-4-5-6-7-8-9-10-11-12-13-14-15-16-17-18(19)20;7-10(8,9)6-4-2-1-3-5-6/h9-10H,2-8,11-17H2,1H3,(H,19,20);1-5H,(H,7,8,9). The van der Waals surface area contributed by atoms with E-state index >= 15 is 0 Å². The fraction of sp³-hybridized carbons (Fsp3) is 0.625. The number of benzene rings is 1. The van der Waals surface area contributed by atoms with Gasteiger partial charge in [-0.1, -0.05) is 88.6 Å². The SMILES string of the molecule is CCCCCCCCC=CCCCCCCCC(=O)O.O=S(=O)(O)c1ccccc1. The van der Waals surface area contributed by atoms with Crippen LogP contribution in [-0.2, 0) is 14.9 Å². The van der Waals surface area contributed by atoms with Gasteiger partial charge in [-0.05, 0) is 44.2 Å². The molecule has 0 unspecified atom stereocenters. The van der Waals surface area contributed by atoms with E-state index in [1.54, 1.807) is 18.2 Å². The number of aliphatic carboxylic acids is 1. The molecule has 0 fully saturated rings. The van der Waals surface area contributed by atoms with E-state index in [0.717, 1.165) is 12.8 Å². The zero-order chi connectivity index (χ0) is 22.5. The summed E-state index contributed by atoms with van der Waals surface area (Å²) in [6.45, 7) is 2.26. The van der Waals surface area contributed by atoms with E-state index in [0.29, 0.717) is 6.42 Å². The molecule has 6 heteroatoms. The monoisotopic (exact) mass is 440 g/mol. The predicted molar refractivity (Wildman–Crippen MR) is 123 cm³/mol. The van der Waals surface area contributed by atoms with Crippen molar-refractivity contribution in [2.75, 3.05) is 0 Å². The van der Waals surface area contributed by atoms with Gasteiger partial charge in [-0.3, -0.25) is 9.35 Å². The average Bonchev–Trinajstić information content (AvgIpc) is 2.71. The van der Waals surface area contributed by atoms with Crippen LogP contribution in [0.3, 0.4) is 0 Å². The van der Waals surface area contributed by atoms with Gasteiger partial charge in [0.05, 0.1) is 4.90 Å². The van der Waals surface area contributed by atoms with Crippen LogP contribution in [-0.4, -0.2) is 24.0 Å². The number of carbonyl (C=O) groups is 1. The molecule has 0 heterocycles. The third kappa shape index (κ3) is 19.6. The van der Waals surface area contributed by atoms with E-state index in [1.165, 1.54) is 82.8 Å². The van der Waals surface area contributed by atoms with Crippen molar-refractivity contribution in [2.45, 2.75) is 102 Å². The van der Waals surface area contributed by atoms with E-state index in [1.807, 2.05) is 0 Å². The first-order valence-electron chi connectivity index (χ1n) is 11.3. The first-order valence-corrected chi connectivity index (χ1v) is 12.7. The Morgan fingerprint density at radius 2 is 1.27 bits per heavy atom. The smallest absolute Gasteiger partial charge is 0.303 e. The van der Waals surface area contributed by atoms with Crippen molar-refractivity contribution >= 4 is 16.1 Å². The van der Waals surface area contributed by atoms with Crippen molar-refractivity contribution in [2.24, 2.45) is 0 Å². The fourth-order valence-electron chi connectivity index (χ4n) is 2.94. The largest absolute Gasteiger partial charge is 0.481 e. The molecule has 1 aromatic rings. The lowest BCUT2D eigenvalue weighted by Gasteiger charge is -1.99. The summed E-state index contributed by atoms with van der Waals surface area (Å²) in [5.41, 5.74) is 0. The minimum atomic E-state index is -4.00. The second kappa shape index (κ2) is 19.3. The normalized spacial score (nSPS) is 11.3. The van der Waals surface area contributed by atoms with E-state index in [9.17, 15) is 13.2 Å². The number of carboxylic acid groups (broad SMARTS) is 1. The van der Waals surface area contributed by atoms with Crippen LogP contribution < -0.4 is 0 Å². The molecule has 1 aromatic carbocycles. The van der Waals surface area contributed by atoms with Gasteiger partial charge >= 0.3 is 5.97 Å². The molecule has 1 rings (SSSR count). The summed E-state index contributed by atoms with van der Waals surface area (Å²) in [5, 5.41) is 8.51. The molecule has 5 nitrogen and oxygen atoms in total. The number of allylic oxidation sites excluding steroid dienone is 2. The van der Waals surface area contributed by atoms with Gasteiger partial charge < -0.3 is 5.11 Å². The van der Waals surface area contributed by atoms with Gasteiger partial charge in [-0.15, -0.1) is 0 Å². The zero-order valence-corrected chi connectivity index (χ0v) is 19.3. The van der Waals surface area contributed by atoms with Gasteiger partial charge in [0.25, 0.3) is 10.1 Å². The molecular formula is C24H40O5S. The average molecular weight is 441 g/mol. The summed E-state index contributed by atoms with van der Waals surface area (Å²) < 4.78 is 29.2. The van der Waals surface area contributed by atoms with Gasteiger partial charge in [0.1, 0.15) is 0 Å². The summed E-state index contributed by atoms with van der Waals surface area (Å²) in [7, 11) is -4.00. The highest BCUT2D eigenvalue weighted by Crippen LogP contribution is 2.10. The highest BCUT2D eigenvalue weighted by Gasteiger charge is 2.05. The quantitative estimate of drug-likeness (QED) is 0.163. The second-order valence-corrected chi connectivity index (χ2v) is 8.94. The van der Waals surface area contributed by atoms with E-state index < -0.39 is 16.1 Å². The number of rotatable bonds is 16. The molecule has 0 atom stereocenters. The van der Waals surface area contributed by atoms with Crippen LogP contribution in [0.2, 0.25) is 0 Å². The molecule has 2 N–H and O–H groups in total. The summed E-state index contributed by atoms with van der Waals surface area (Å²) in [6.07, 6.45) is 21.2. The summed E-state index contributed by atoms with van der Waals surface area (Å²) in [6, 6.07) is 7.42. The highest BCUT2D eigenvalue weighted by atomic mass is 32.2. The summed E-state index contributed by atoms with van der Waals surface area (Å²) in [5.74, 6) is -0.664. The molecule has 0 aliphatic carbocycles. The molecule has 172 valence electrons. The van der Waals surface area contributed by atoms with Crippen LogP contribution >= 0.6 is 0 Å². The van der Waals surface area contributed by atoms with Crippen molar-refractivity contribution in [3.8, 4) is 0 Å². The molecule has 0 bridgehead atoms. The lowest BCUT2D eigenvalue weighted by Crippen LogP contribution is -1.96. The third-order valence-corrected chi connectivity index (χ3v) is 5.56. The second-order valence-electron chi connectivity index (χ2n) is 7.52. The Balaban J connectivity index is 0.000000696. The third-order valence-electron chi connectivity index (χ3n) is 4.69. The molecule has 0 radical (unpaired) electrons. The molecule has 0 spiro atoms. The Morgan fingerprint density at radius 3 is 1.70 bits per heavy atom. The maximum absolute atomic E-state index is 10.4. The molecule has 0 aliphatic heterocycles. The summed E-state index contributed by atoms with van der Waals surface area (Å²) >= 11 is 0. The van der Waals surface area contributed by atoms with Crippen molar-refractivity contribution in [3.63, 3.8) is 0 Å². The van der Waals surface area contributed by atoms with Crippen LogP contribution in [0, 0.1) is 0 Å². The number of unbranched alkanes of at least 4 members (excludes halogenated alkanes) is 11. The van der Waals surface area contributed by atoms with Crippen LogP contribution in [0.4, 0.5) is 0 Å². The van der Waals surface area contributed by atoms with Crippen LogP contribution in [0.1, 0.15) is 96.8 Å². The van der Waals surface area contributed by atoms with Crippen molar-refractivity contribution in [1.82, 2.24) is 0 Å². The van der Waals surface area contributed by atoms with Gasteiger partial charge in [-0.25, -0.2) is 0 Å². The Morgan fingerprint density at radius 1 is 0.800 bits per heavy atom. The minimum absolute atomic E-state index is 0.0741. The molecule has 0 aromatic heterocycles. The minimum Gasteiger partial charge on any atom is -0.481 e. The van der Waals surface area contributed by atoms with Gasteiger partial charge in [-0.2, -0.15) is 8.42 Å². The zero-order valence-electron chi connectivity index (χ0n) is 18.5. The molecule has 0 amide bonds. The first kappa shape index (κ1) is 28.3. The van der Waals surface area contributed by atoms with E-state index in [2.05, 4.69) is 19.1 Å². The maximum Gasteiger partial charge on any atom is 0.303 e. The maximum atomic E-state index is 10.4. The Labute approximate surface area is 183 Å². The Kier molecular flexibility index (Phi) is 18.2. The molecule has 0 saturated heterocycles. The molecule has 0 saturated carbocycles. The number of carboxylic acids is 1. The fourth-order valence-corrected chi connectivity index (χ4v) is 3.44. The first-order chi connectivity index (χ1) is 14.4.